The number of rotatable bonds is 4. The van der Waals surface area contributed by atoms with E-state index in [1.165, 1.54) is 11.2 Å². The van der Waals surface area contributed by atoms with Crippen LogP contribution in [0.15, 0.2) is 89.2 Å². The number of benzene rings is 2. The number of aliphatic hydroxyl groups is 1. The zero-order chi connectivity index (χ0) is 20.7. The van der Waals surface area contributed by atoms with Gasteiger partial charge in [-0.05, 0) is 23.8 Å². The fourth-order valence-corrected chi connectivity index (χ4v) is 4.01. The second-order valence-corrected chi connectivity index (χ2v) is 7.16. The van der Waals surface area contributed by atoms with E-state index < -0.39 is 17.7 Å². The van der Waals surface area contributed by atoms with Crippen molar-refractivity contribution in [1.82, 2.24) is 9.88 Å². The van der Waals surface area contributed by atoms with Crippen LogP contribution in [-0.4, -0.2) is 26.7 Å². The van der Waals surface area contributed by atoms with Crippen molar-refractivity contribution in [3.05, 3.63) is 102 Å². The molecule has 1 aliphatic rings. The second kappa shape index (κ2) is 7.08. The molecule has 2 N–H and O–H groups in total. The van der Waals surface area contributed by atoms with E-state index in [1.54, 1.807) is 18.3 Å². The summed E-state index contributed by atoms with van der Waals surface area (Å²) in [6, 6.07) is 19.5. The molecular formula is C24H18N2O4. The molecule has 1 saturated heterocycles. The number of fused-ring (bicyclic) bond motifs is 1. The van der Waals surface area contributed by atoms with Gasteiger partial charge < -0.3 is 19.4 Å². The van der Waals surface area contributed by atoms with Gasteiger partial charge in [-0.3, -0.25) is 9.59 Å². The lowest BCUT2D eigenvalue weighted by atomic mass is 9.95. The Morgan fingerprint density at radius 2 is 1.77 bits per heavy atom. The van der Waals surface area contributed by atoms with Crippen LogP contribution in [0.4, 0.5) is 0 Å². The van der Waals surface area contributed by atoms with Crippen molar-refractivity contribution in [1.29, 1.82) is 0 Å². The molecule has 0 radical (unpaired) electrons. The topological polar surface area (TPSA) is 86.5 Å². The van der Waals surface area contributed by atoms with Gasteiger partial charge in [0, 0.05) is 22.7 Å². The number of furan rings is 1. The van der Waals surface area contributed by atoms with Gasteiger partial charge in [-0.2, -0.15) is 0 Å². The summed E-state index contributed by atoms with van der Waals surface area (Å²) in [5.74, 6) is -1.01. The SMILES string of the molecule is O=C1C(=O)N(Cc2ccco2)C(c2ccccc2)/C1=C(/O)c1c[nH]c2ccccc12. The maximum atomic E-state index is 13.1. The number of carbonyl (C=O) groups excluding carboxylic acids is 2. The first-order valence-corrected chi connectivity index (χ1v) is 9.57. The number of aromatic amines is 1. The predicted octanol–water partition coefficient (Wildman–Crippen LogP) is 4.38. The largest absolute Gasteiger partial charge is 0.507 e. The molecule has 6 heteroatoms. The van der Waals surface area contributed by atoms with Gasteiger partial charge in [0.25, 0.3) is 11.7 Å². The highest BCUT2D eigenvalue weighted by Gasteiger charge is 2.46. The Morgan fingerprint density at radius 3 is 2.53 bits per heavy atom. The van der Waals surface area contributed by atoms with Gasteiger partial charge in [0.1, 0.15) is 11.5 Å². The summed E-state index contributed by atoms with van der Waals surface area (Å²) in [5, 5.41) is 12.0. The fraction of sp³-hybridized carbons (Fsp3) is 0.0833. The van der Waals surface area contributed by atoms with Crippen LogP contribution in [0.25, 0.3) is 16.7 Å². The van der Waals surface area contributed by atoms with E-state index in [9.17, 15) is 14.7 Å². The second-order valence-electron chi connectivity index (χ2n) is 7.16. The van der Waals surface area contributed by atoms with E-state index in [2.05, 4.69) is 4.98 Å². The lowest BCUT2D eigenvalue weighted by Crippen LogP contribution is -2.29. The number of nitrogens with zero attached hydrogens (tertiary/aromatic N) is 1. The summed E-state index contributed by atoms with van der Waals surface area (Å²) in [6.07, 6.45) is 3.18. The van der Waals surface area contributed by atoms with E-state index in [0.717, 1.165) is 16.5 Å². The number of hydrogen-bond acceptors (Lipinski definition) is 4. The average Bonchev–Trinajstić information content (AvgIpc) is 3.49. The minimum Gasteiger partial charge on any atom is -0.507 e. The highest BCUT2D eigenvalue weighted by Crippen LogP contribution is 2.41. The average molecular weight is 398 g/mol. The van der Waals surface area contributed by atoms with Gasteiger partial charge in [-0.25, -0.2) is 0 Å². The highest BCUT2D eigenvalue weighted by molar-refractivity contribution is 6.46. The Labute approximate surface area is 172 Å². The number of hydrogen-bond donors (Lipinski definition) is 2. The molecule has 4 aromatic rings. The summed E-state index contributed by atoms with van der Waals surface area (Å²) in [4.78, 5) is 30.5. The number of amides is 1. The summed E-state index contributed by atoms with van der Waals surface area (Å²) >= 11 is 0. The highest BCUT2D eigenvalue weighted by atomic mass is 16.3. The number of likely N-dealkylation sites (tertiary alicyclic amines) is 1. The van der Waals surface area contributed by atoms with Crippen molar-refractivity contribution >= 4 is 28.4 Å². The smallest absolute Gasteiger partial charge is 0.296 e. The number of carbonyl (C=O) groups is 2. The minimum atomic E-state index is -0.718. The molecule has 1 unspecified atom stereocenters. The molecule has 1 amide bonds. The van der Waals surface area contributed by atoms with Crippen LogP contribution < -0.4 is 0 Å². The lowest BCUT2D eigenvalue weighted by molar-refractivity contribution is -0.140. The predicted molar refractivity (Wildman–Crippen MR) is 111 cm³/mol. The number of aliphatic hydroxyl groups excluding tert-OH is 1. The van der Waals surface area contributed by atoms with Crippen molar-refractivity contribution in [2.75, 3.05) is 0 Å². The van der Waals surface area contributed by atoms with Gasteiger partial charge in [-0.15, -0.1) is 0 Å². The monoisotopic (exact) mass is 398 g/mol. The molecule has 148 valence electrons. The van der Waals surface area contributed by atoms with E-state index in [1.807, 2.05) is 54.6 Å². The van der Waals surface area contributed by atoms with Crippen molar-refractivity contribution in [2.45, 2.75) is 12.6 Å². The fourth-order valence-electron chi connectivity index (χ4n) is 4.01. The van der Waals surface area contributed by atoms with Crippen molar-refractivity contribution in [3.8, 4) is 0 Å². The first-order chi connectivity index (χ1) is 14.6. The van der Waals surface area contributed by atoms with Crippen molar-refractivity contribution < 1.29 is 19.1 Å². The Bertz CT molecular complexity index is 1270. The van der Waals surface area contributed by atoms with E-state index in [-0.39, 0.29) is 17.9 Å². The molecular weight excluding hydrogens is 380 g/mol. The molecule has 0 bridgehead atoms. The molecule has 6 nitrogen and oxygen atoms in total. The van der Waals surface area contributed by atoms with E-state index >= 15 is 0 Å². The van der Waals surface area contributed by atoms with Crippen LogP contribution in [0, 0.1) is 0 Å². The molecule has 0 saturated carbocycles. The summed E-state index contributed by atoms with van der Waals surface area (Å²) in [6.45, 7) is 0.127. The molecule has 1 atom stereocenters. The molecule has 2 aromatic carbocycles. The van der Waals surface area contributed by atoms with Gasteiger partial charge in [0.2, 0.25) is 0 Å². The van der Waals surface area contributed by atoms with Crippen molar-refractivity contribution in [2.24, 2.45) is 0 Å². The molecule has 1 aliphatic heterocycles. The van der Waals surface area contributed by atoms with Crippen LogP contribution in [0.3, 0.4) is 0 Å². The maximum absolute atomic E-state index is 13.1. The van der Waals surface area contributed by atoms with Crippen LogP contribution in [0.5, 0.6) is 0 Å². The minimum absolute atomic E-state index is 0.0718. The first kappa shape index (κ1) is 18.0. The van der Waals surface area contributed by atoms with Gasteiger partial charge >= 0.3 is 0 Å². The number of para-hydroxylation sites is 1. The number of Topliss-reactive ketones (excluding diaryl/α,β-unsaturated/α-hetero) is 1. The summed E-state index contributed by atoms with van der Waals surface area (Å²) in [5.41, 5.74) is 2.13. The third kappa shape index (κ3) is 2.81. The molecule has 3 heterocycles. The third-order valence-corrected chi connectivity index (χ3v) is 5.41. The number of H-pyrrole nitrogens is 1. The van der Waals surface area contributed by atoms with Gasteiger partial charge in [0.15, 0.2) is 0 Å². The van der Waals surface area contributed by atoms with Gasteiger partial charge in [0.05, 0.1) is 24.4 Å². The number of ketones is 1. The molecule has 1 fully saturated rings. The maximum Gasteiger partial charge on any atom is 0.296 e. The first-order valence-electron chi connectivity index (χ1n) is 9.57. The van der Waals surface area contributed by atoms with Crippen LogP contribution >= 0.6 is 0 Å². The standard InChI is InChI=1S/C24H18N2O4/c27-22(18-13-25-19-11-5-4-10-17(18)19)20-21(15-7-2-1-3-8-15)26(24(29)23(20)28)14-16-9-6-12-30-16/h1-13,21,25,27H,14H2/b22-20-. The van der Waals surface area contributed by atoms with Gasteiger partial charge in [-0.1, -0.05) is 48.5 Å². The molecule has 0 aliphatic carbocycles. The normalized spacial score (nSPS) is 18.4. The lowest BCUT2D eigenvalue weighted by Gasteiger charge is -2.24. The van der Waals surface area contributed by atoms with E-state index in [0.29, 0.717) is 11.3 Å². The molecule has 30 heavy (non-hydrogen) atoms. The number of nitrogens with one attached hydrogen (secondary N) is 1. The zero-order valence-corrected chi connectivity index (χ0v) is 15.9. The van der Waals surface area contributed by atoms with Crippen molar-refractivity contribution in [3.63, 3.8) is 0 Å². The van der Waals surface area contributed by atoms with E-state index in [4.69, 9.17) is 4.42 Å². The third-order valence-electron chi connectivity index (χ3n) is 5.41. The Kier molecular flexibility index (Phi) is 4.25. The molecule has 5 rings (SSSR count). The quantitative estimate of drug-likeness (QED) is 0.303. The molecule has 0 spiro atoms. The van der Waals surface area contributed by atoms with Crippen LogP contribution in [0.1, 0.15) is 22.9 Å². The zero-order valence-electron chi connectivity index (χ0n) is 15.9. The molecule has 2 aromatic heterocycles. The summed E-state index contributed by atoms with van der Waals surface area (Å²) < 4.78 is 5.40. The van der Waals surface area contributed by atoms with Crippen LogP contribution in [-0.2, 0) is 16.1 Å². The number of aromatic nitrogens is 1. The van der Waals surface area contributed by atoms with Crippen LogP contribution in [0.2, 0.25) is 0 Å². The Balaban J connectivity index is 1.69. The Morgan fingerprint density at radius 1 is 1.00 bits per heavy atom. The summed E-state index contributed by atoms with van der Waals surface area (Å²) in [7, 11) is 0. The Hall–Kier alpha value is -4.06.